The highest BCUT2D eigenvalue weighted by molar-refractivity contribution is 14.1. The number of carbonyl (C=O) groups is 2. The van der Waals surface area contributed by atoms with E-state index in [1.54, 1.807) is 31.4 Å². The Labute approximate surface area is 193 Å². The van der Waals surface area contributed by atoms with Crippen molar-refractivity contribution < 1.29 is 24.5 Å². The highest BCUT2D eigenvalue weighted by Gasteiger charge is 2.09. The van der Waals surface area contributed by atoms with Crippen molar-refractivity contribution in [1.29, 1.82) is 0 Å². The van der Waals surface area contributed by atoms with Crippen molar-refractivity contribution in [3.8, 4) is 11.8 Å². The first-order valence-electron chi connectivity index (χ1n) is 7.78. The van der Waals surface area contributed by atoms with Crippen LogP contribution in [0.25, 0.3) is 0 Å². The molecule has 0 aliphatic carbocycles. The second kappa shape index (κ2) is 11.6. The summed E-state index contributed by atoms with van der Waals surface area (Å²) in [6, 6.07) is 6.40. The molecule has 0 saturated heterocycles. The Kier molecular flexibility index (Phi) is 10.2. The molecule has 2 aromatic rings. The lowest BCUT2D eigenvalue weighted by Gasteiger charge is -2.03. The predicted molar refractivity (Wildman–Crippen MR) is 123 cm³/mol. The largest absolute Gasteiger partial charge is 0.478 e. The zero-order valence-corrected chi connectivity index (χ0v) is 20.6. The van der Waals surface area contributed by atoms with Crippen LogP contribution in [0.15, 0.2) is 33.2 Å². The minimum atomic E-state index is -0.963. The third-order valence-corrected chi connectivity index (χ3v) is 6.33. The van der Waals surface area contributed by atoms with Crippen LogP contribution >= 0.6 is 54.5 Å². The van der Waals surface area contributed by atoms with Gasteiger partial charge in [-0.1, -0.05) is 43.7 Å². The Morgan fingerprint density at radius 2 is 1.50 bits per heavy atom. The number of carboxylic acids is 2. The summed E-state index contributed by atoms with van der Waals surface area (Å²) in [6.45, 7) is 4.15. The summed E-state index contributed by atoms with van der Waals surface area (Å²) in [5.41, 5.74) is 3.23. The summed E-state index contributed by atoms with van der Waals surface area (Å²) < 4.78 is 7.35. The van der Waals surface area contributed by atoms with E-state index in [2.05, 4.69) is 66.3 Å². The van der Waals surface area contributed by atoms with Gasteiger partial charge in [-0.25, -0.2) is 9.59 Å². The van der Waals surface area contributed by atoms with Crippen molar-refractivity contribution in [2.45, 2.75) is 13.8 Å². The SMILES string of the molecule is COCC#Cc1cc(C(=O)O)cc(Br)c1C.Cc1c(Br)cc(C(=O)O)cc1I. The molecule has 0 aromatic heterocycles. The standard InChI is InChI=1S/C12H11BrO3.C8H6BrIO2/c1-8-9(4-3-5-16-2)6-10(12(14)15)7-11(8)13;1-4-6(9)2-5(8(11)12)3-7(4)10/h6-7H,5H2,1-2H3,(H,14,15);2-3H,1H3,(H,11,12). The Morgan fingerprint density at radius 1 is 1.00 bits per heavy atom. The summed E-state index contributed by atoms with van der Waals surface area (Å²) >= 11 is 8.72. The van der Waals surface area contributed by atoms with Crippen LogP contribution in [-0.2, 0) is 4.74 Å². The molecule has 0 aliphatic rings. The molecule has 148 valence electrons. The summed E-state index contributed by atoms with van der Waals surface area (Å²) in [6.07, 6.45) is 0. The van der Waals surface area contributed by atoms with Crippen LogP contribution in [0.2, 0.25) is 0 Å². The smallest absolute Gasteiger partial charge is 0.335 e. The molecule has 8 heteroatoms. The van der Waals surface area contributed by atoms with Gasteiger partial charge >= 0.3 is 11.9 Å². The fourth-order valence-corrected chi connectivity index (χ4v) is 3.82. The van der Waals surface area contributed by atoms with Gasteiger partial charge in [-0.2, -0.15) is 0 Å². The van der Waals surface area contributed by atoms with Gasteiger partial charge < -0.3 is 14.9 Å². The molecule has 0 saturated carbocycles. The quantitative estimate of drug-likeness (QED) is 0.348. The highest BCUT2D eigenvalue weighted by atomic mass is 127. The van der Waals surface area contributed by atoms with Crippen molar-refractivity contribution in [2.24, 2.45) is 0 Å². The normalized spacial score (nSPS) is 9.64. The van der Waals surface area contributed by atoms with Crippen molar-refractivity contribution in [2.75, 3.05) is 13.7 Å². The van der Waals surface area contributed by atoms with Gasteiger partial charge in [0.2, 0.25) is 0 Å². The molecule has 5 nitrogen and oxygen atoms in total. The molecule has 28 heavy (non-hydrogen) atoms. The monoisotopic (exact) mass is 622 g/mol. The van der Waals surface area contributed by atoms with Crippen LogP contribution in [-0.4, -0.2) is 35.9 Å². The third kappa shape index (κ3) is 7.20. The average molecular weight is 624 g/mol. The number of rotatable bonds is 3. The predicted octanol–water partition coefficient (Wildman–Crippen LogP) is 5.51. The molecule has 2 N–H and O–H groups in total. The molecule has 2 rings (SSSR count). The molecule has 0 bridgehead atoms. The van der Waals surface area contributed by atoms with E-state index >= 15 is 0 Å². The molecule has 0 aliphatic heterocycles. The van der Waals surface area contributed by atoms with Gasteiger partial charge in [-0.15, -0.1) is 0 Å². The third-order valence-electron chi connectivity index (χ3n) is 3.56. The maximum absolute atomic E-state index is 10.9. The summed E-state index contributed by atoms with van der Waals surface area (Å²) in [5, 5.41) is 17.6. The van der Waals surface area contributed by atoms with Gasteiger partial charge in [0.05, 0.1) is 11.1 Å². The average Bonchev–Trinajstić information content (AvgIpc) is 2.63. The van der Waals surface area contributed by atoms with E-state index in [0.717, 1.165) is 23.6 Å². The van der Waals surface area contributed by atoms with Crippen LogP contribution in [0, 0.1) is 29.3 Å². The van der Waals surface area contributed by atoms with Crippen LogP contribution < -0.4 is 0 Å². The summed E-state index contributed by atoms with van der Waals surface area (Å²) in [7, 11) is 1.56. The highest BCUT2D eigenvalue weighted by Crippen LogP contribution is 2.23. The number of ether oxygens (including phenoxy) is 1. The molecule has 0 atom stereocenters. The van der Waals surface area contributed by atoms with Gasteiger partial charge in [0.15, 0.2) is 0 Å². The lowest BCUT2D eigenvalue weighted by Crippen LogP contribution is -1.98. The molecule has 0 radical (unpaired) electrons. The summed E-state index contributed by atoms with van der Waals surface area (Å²) in [5.74, 6) is 3.82. The molecule has 0 spiro atoms. The fraction of sp³-hybridized carbons (Fsp3) is 0.200. The first-order valence-corrected chi connectivity index (χ1v) is 10.4. The van der Waals surface area contributed by atoms with E-state index in [-0.39, 0.29) is 5.56 Å². The number of methoxy groups -OCH3 is 1. The van der Waals surface area contributed by atoms with Crippen LogP contribution in [0.1, 0.15) is 37.4 Å². The lowest BCUT2D eigenvalue weighted by molar-refractivity contribution is 0.0686. The number of carboxylic acid groups (broad SMARTS) is 2. The number of benzene rings is 2. The minimum absolute atomic E-state index is 0.221. The van der Waals surface area contributed by atoms with Crippen LogP contribution in [0.3, 0.4) is 0 Å². The second-order valence-corrected chi connectivity index (χ2v) is 8.41. The zero-order chi connectivity index (χ0) is 21.4. The van der Waals surface area contributed by atoms with Crippen molar-refractivity contribution >= 4 is 66.4 Å². The molecule has 0 heterocycles. The van der Waals surface area contributed by atoms with Gasteiger partial charge in [-0.05, 0) is 71.8 Å². The molecule has 2 aromatic carbocycles. The van der Waals surface area contributed by atoms with E-state index in [1.165, 1.54) is 0 Å². The van der Waals surface area contributed by atoms with Gasteiger partial charge in [0, 0.05) is 25.2 Å². The van der Waals surface area contributed by atoms with Crippen LogP contribution in [0.5, 0.6) is 0 Å². The maximum atomic E-state index is 10.9. The van der Waals surface area contributed by atoms with Gasteiger partial charge in [0.1, 0.15) is 6.61 Å². The van der Waals surface area contributed by atoms with E-state index < -0.39 is 11.9 Å². The number of hydrogen-bond acceptors (Lipinski definition) is 3. The molecule has 0 amide bonds. The van der Waals surface area contributed by atoms with Gasteiger partial charge in [0.25, 0.3) is 0 Å². The topological polar surface area (TPSA) is 83.8 Å². The number of halogens is 3. The van der Waals surface area contributed by atoms with E-state index in [1.807, 2.05) is 13.8 Å². The molecule has 0 fully saturated rings. The van der Waals surface area contributed by atoms with E-state index in [0.29, 0.717) is 17.7 Å². The first-order chi connectivity index (χ1) is 13.1. The minimum Gasteiger partial charge on any atom is -0.478 e. The van der Waals surface area contributed by atoms with Crippen molar-refractivity contribution in [1.82, 2.24) is 0 Å². The molecule has 0 unspecified atom stereocenters. The van der Waals surface area contributed by atoms with Crippen LogP contribution in [0.4, 0.5) is 0 Å². The summed E-state index contributed by atoms with van der Waals surface area (Å²) in [4.78, 5) is 21.4. The molecular formula is C20H17Br2IO5. The first kappa shape index (κ1) is 24.6. The van der Waals surface area contributed by atoms with Crippen molar-refractivity contribution in [3.63, 3.8) is 0 Å². The number of hydrogen-bond donors (Lipinski definition) is 2. The number of aromatic carboxylic acids is 2. The van der Waals surface area contributed by atoms with Crippen molar-refractivity contribution in [3.05, 3.63) is 64.6 Å². The maximum Gasteiger partial charge on any atom is 0.335 e. The zero-order valence-electron chi connectivity index (χ0n) is 15.3. The Bertz CT molecular complexity index is 938. The molecular weight excluding hydrogens is 607 g/mol. The van der Waals surface area contributed by atoms with E-state index in [4.69, 9.17) is 14.9 Å². The van der Waals surface area contributed by atoms with E-state index in [9.17, 15) is 9.59 Å². The van der Waals surface area contributed by atoms with Gasteiger partial charge in [-0.3, -0.25) is 0 Å². The Balaban J connectivity index is 0.000000292. The lowest BCUT2D eigenvalue weighted by atomic mass is 10.1. The fourth-order valence-electron chi connectivity index (χ4n) is 1.90. The Morgan fingerprint density at radius 3 is 1.96 bits per heavy atom. The second-order valence-electron chi connectivity index (χ2n) is 5.54. The Hall–Kier alpha value is -1.41.